The van der Waals surface area contributed by atoms with Crippen LogP contribution in [0.3, 0.4) is 0 Å². The molecule has 0 aromatic carbocycles. The van der Waals surface area contributed by atoms with Gasteiger partial charge in [-0.2, -0.15) is 0 Å². The first-order chi connectivity index (χ1) is 13.2. The molecule has 27 heavy (non-hydrogen) atoms. The molecule has 0 spiro atoms. The zero-order valence-corrected chi connectivity index (χ0v) is 16.2. The van der Waals surface area contributed by atoms with E-state index in [-0.39, 0.29) is 15.3 Å². The molecular formula is C18H15Cl3N6. The van der Waals surface area contributed by atoms with Crippen molar-refractivity contribution >= 4 is 34.8 Å². The molecule has 4 rings (SSSR count). The van der Waals surface area contributed by atoms with Crippen LogP contribution in [0.2, 0.25) is 15.3 Å². The van der Waals surface area contributed by atoms with Crippen molar-refractivity contribution in [3.63, 3.8) is 0 Å². The summed E-state index contributed by atoms with van der Waals surface area (Å²) in [5.74, 6) is 0. The van der Waals surface area contributed by atoms with Gasteiger partial charge in [0.15, 0.2) is 10.3 Å². The normalized spacial score (nSPS) is 8.56. The summed E-state index contributed by atoms with van der Waals surface area (Å²) in [6.07, 6.45) is 10.5. The number of pyridine rings is 3. The van der Waals surface area contributed by atoms with Gasteiger partial charge in [0.25, 0.3) is 0 Å². The van der Waals surface area contributed by atoms with Gasteiger partial charge in [-0.1, -0.05) is 53.0 Å². The molecule has 0 unspecified atom stereocenters. The molecule has 4 aromatic rings. The molecule has 0 bridgehead atoms. The SMILES string of the molecule is Clc1nnnc(Cl)c1Cl.c1ccncc1.c1ccncc1.c1ccncc1. The lowest BCUT2D eigenvalue weighted by atomic mass is 10.5. The van der Waals surface area contributed by atoms with E-state index >= 15 is 0 Å². The molecule has 6 nitrogen and oxygen atoms in total. The van der Waals surface area contributed by atoms with Gasteiger partial charge < -0.3 is 0 Å². The Morgan fingerprint density at radius 2 is 0.741 bits per heavy atom. The van der Waals surface area contributed by atoms with Crippen LogP contribution in [0.5, 0.6) is 0 Å². The predicted octanol–water partition coefficient (Wildman–Crippen LogP) is 5.08. The van der Waals surface area contributed by atoms with Crippen LogP contribution in [0.15, 0.2) is 91.8 Å². The van der Waals surface area contributed by atoms with E-state index in [0.29, 0.717) is 0 Å². The summed E-state index contributed by atoms with van der Waals surface area (Å²) in [7, 11) is 0. The monoisotopic (exact) mass is 420 g/mol. The van der Waals surface area contributed by atoms with Crippen LogP contribution < -0.4 is 0 Å². The minimum atomic E-state index is 0.0664. The quantitative estimate of drug-likeness (QED) is 0.394. The van der Waals surface area contributed by atoms with Crippen molar-refractivity contribution in [1.82, 2.24) is 30.4 Å². The van der Waals surface area contributed by atoms with Crippen molar-refractivity contribution in [3.8, 4) is 0 Å². The number of nitrogens with zero attached hydrogens (tertiary/aromatic N) is 6. The number of hydrogen-bond acceptors (Lipinski definition) is 6. The topological polar surface area (TPSA) is 77.3 Å². The molecule has 0 aliphatic rings. The Kier molecular flexibility index (Phi) is 12.9. The molecule has 0 N–H and O–H groups in total. The first-order valence-electron chi connectivity index (χ1n) is 7.46. The van der Waals surface area contributed by atoms with Gasteiger partial charge in [0.05, 0.1) is 0 Å². The van der Waals surface area contributed by atoms with Crippen LogP contribution in [-0.2, 0) is 0 Å². The van der Waals surface area contributed by atoms with Crippen molar-refractivity contribution in [1.29, 1.82) is 0 Å². The maximum Gasteiger partial charge on any atom is 0.175 e. The highest BCUT2D eigenvalue weighted by atomic mass is 35.5. The highest BCUT2D eigenvalue weighted by Gasteiger charge is 2.03. The molecule has 0 aliphatic carbocycles. The number of aromatic nitrogens is 6. The summed E-state index contributed by atoms with van der Waals surface area (Å²) in [6, 6.07) is 17.1. The summed E-state index contributed by atoms with van der Waals surface area (Å²) in [5, 5.41) is 10.1. The van der Waals surface area contributed by atoms with Gasteiger partial charge in [0.1, 0.15) is 5.02 Å². The lowest BCUT2D eigenvalue weighted by molar-refractivity contribution is 0.866. The molecule has 4 aromatic heterocycles. The zero-order chi connectivity index (χ0) is 19.6. The smallest absolute Gasteiger partial charge is 0.175 e. The molecule has 9 heteroatoms. The van der Waals surface area contributed by atoms with Crippen LogP contribution in [0.4, 0.5) is 0 Å². The Morgan fingerprint density at radius 1 is 0.444 bits per heavy atom. The second-order valence-electron chi connectivity index (χ2n) is 4.26. The first-order valence-corrected chi connectivity index (χ1v) is 8.60. The maximum absolute atomic E-state index is 5.45. The lowest BCUT2D eigenvalue weighted by Crippen LogP contribution is -1.88. The molecule has 0 atom stereocenters. The van der Waals surface area contributed by atoms with E-state index in [1.54, 1.807) is 37.2 Å². The minimum Gasteiger partial charge on any atom is -0.265 e. The first kappa shape index (κ1) is 22.4. The summed E-state index contributed by atoms with van der Waals surface area (Å²) < 4.78 is 0. The van der Waals surface area contributed by atoms with E-state index in [1.807, 2.05) is 54.6 Å². The molecule has 138 valence electrons. The van der Waals surface area contributed by atoms with Crippen LogP contribution in [0.1, 0.15) is 0 Å². The van der Waals surface area contributed by atoms with Crippen LogP contribution in [-0.4, -0.2) is 30.4 Å². The molecule has 0 aliphatic heterocycles. The Labute approximate surface area is 172 Å². The fraction of sp³-hybridized carbons (Fsp3) is 0. The third-order valence-electron chi connectivity index (χ3n) is 2.33. The third-order valence-corrected chi connectivity index (χ3v) is 3.41. The lowest BCUT2D eigenvalue weighted by Gasteiger charge is -1.90. The van der Waals surface area contributed by atoms with E-state index in [1.165, 1.54) is 0 Å². The fourth-order valence-electron chi connectivity index (χ4n) is 1.21. The number of hydrogen-bond donors (Lipinski definition) is 0. The van der Waals surface area contributed by atoms with Gasteiger partial charge >= 0.3 is 0 Å². The average molecular weight is 422 g/mol. The van der Waals surface area contributed by atoms with Crippen molar-refractivity contribution in [3.05, 3.63) is 107 Å². The summed E-state index contributed by atoms with van der Waals surface area (Å²) >= 11 is 16.2. The summed E-state index contributed by atoms with van der Waals surface area (Å²) in [6.45, 7) is 0. The van der Waals surface area contributed by atoms with Gasteiger partial charge in [-0.25, -0.2) is 0 Å². The summed E-state index contributed by atoms with van der Waals surface area (Å²) in [4.78, 5) is 11.4. The van der Waals surface area contributed by atoms with Crippen molar-refractivity contribution in [2.24, 2.45) is 0 Å². The fourth-order valence-corrected chi connectivity index (χ4v) is 1.58. The highest BCUT2D eigenvalue weighted by molar-refractivity contribution is 6.46. The van der Waals surface area contributed by atoms with Crippen LogP contribution >= 0.6 is 34.8 Å². The molecular weight excluding hydrogens is 407 g/mol. The van der Waals surface area contributed by atoms with Crippen molar-refractivity contribution < 1.29 is 0 Å². The van der Waals surface area contributed by atoms with Crippen LogP contribution in [0.25, 0.3) is 0 Å². The van der Waals surface area contributed by atoms with Gasteiger partial charge in [0.2, 0.25) is 0 Å². The highest BCUT2D eigenvalue weighted by Crippen LogP contribution is 2.23. The van der Waals surface area contributed by atoms with Crippen LogP contribution in [0, 0.1) is 0 Å². The van der Waals surface area contributed by atoms with Gasteiger partial charge in [-0.05, 0) is 41.6 Å². The van der Waals surface area contributed by atoms with E-state index in [4.69, 9.17) is 34.8 Å². The second kappa shape index (κ2) is 15.6. The standard InChI is InChI=1S/3C5H5N.C3Cl3N3/c3*1-2-4-6-5-3-1;4-1-2(5)7-9-8-3(1)6/h3*1-5H;. The Morgan fingerprint density at radius 3 is 0.889 bits per heavy atom. The van der Waals surface area contributed by atoms with Crippen molar-refractivity contribution in [2.75, 3.05) is 0 Å². The second-order valence-corrected chi connectivity index (χ2v) is 5.35. The van der Waals surface area contributed by atoms with E-state index in [9.17, 15) is 0 Å². The van der Waals surface area contributed by atoms with Crippen molar-refractivity contribution in [2.45, 2.75) is 0 Å². The largest absolute Gasteiger partial charge is 0.265 e. The molecule has 0 fully saturated rings. The van der Waals surface area contributed by atoms with Gasteiger partial charge in [-0.3, -0.25) is 15.0 Å². The molecule has 0 radical (unpaired) electrons. The van der Waals surface area contributed by atoms with Gasteiger partial charge in [0, 0.05) is 37.2 Å². The maximum atomic E-state index is 5.45. The minimum absolute atomic E-state index is 0.0664. The Bertz CT molecular complexity index is 649. The zero-order valence-electron chi connectivity index (χ0n) is 14.0. The molecule has 0 amide bonds. The average Bonchev–Trinajstić information content (AvgIpc) is 2.77. The van der Waals surface area contributed by atoms with E-state index < -0.39 is 0 Å². The number of halogens is 3. The third kappa shape index (κ3) is 12.3. The summed E-state index contributed by atoms with van der Waals surface area (Å²) in [5.41, 5.74) is 0. The molecule has 0 saturated carbocycles. The van der Waals surface area contributed by atoms with E-state index in [0.717, 1.165) is 0 Å². The van der Waals surface area contributed by atoms with Gasteiger partial charge in [-0.15, -0.1) is 10.2 Å². The van der Waals surface area contributed by atoms with E-state index in [2.05, 4.69) is 30.4 Å². The molecule has 4 heterocycles. The molecule has 0 saturated heterocycles. The number of rotatable bonds is 0. The Balaban J connectivity index is 0.000000183. The predicted molar refractivity (Wildman–Crippen MR) is 108 cm³/mol. The Hall–Kier alpha value is -2.67.